The van der Waals surface area contributed by atoms with E-state index in [2.05, 4.69) is 10.2 Å². The lowest BCUT2D eigenvalue weighted by Gasteiger charge is -2.34. The molecule has 2 saturated heterocycles. The molecule has 2 aliphatic heterocycles. The Kier molecular flexibility index (Phi) is 3.55. The van der Waals surface area contributed by atoms with Gasteiger partial charge >= 0.3 is 0 Å². The van der Waals surface area contributed by atoms with E-state index in [9.17, 15) is 8.42 Å². The molecule has 0 N–H and O–H groups in total. The van der Waals surface area contributed by atoms with Gasteiger partial charge in [-0.3, -0.25) is 0 Å². The molecule has 3 rings (SSSR count). The summed E-state index contributed by atoms with van der Waals surface area (Å²) in [7, 11) is -3.14. The van der Waals surface area contributed by atoms with Gasteiger partial charge in [0, 0.05) is 13.5 Å². The van der Waals surface area contributed by atoms with E-state index in [0.717, 1.165) is 12.8 Å². The topological polar surface area (TPSA) is 85.5 Å². The van der Waals surface area contributed by atoms with E-state index >= 15 is 0 Å². The average Bonchev–Trinajstić information content (AvgIpc) is 3.04. The second kappa shape index (κ2) is 5.09. The zero-order valence-electron chi connectivity index (χ0n) is 11.7. The van der Waals surface area contributed by atoms with Crippen molar-refractivity contribution in [2.45, 2.75) is 51.4 Å². The number of aromatic nitrogens is 2. The third kappa shape index (κ3) is 2.36. The lowest BCUT2D eigenvalue weighted by Crippen LogP contribution is -2.43. The molecule has 20 heavy (non-hydrogen) atoms. The van der Waals surface area contributed by atoms with Crippen LogP contribution in [0.25, 0.3) is 0 Å². The van der Waals surface area contributed by atoms with E-state index in [-0.39, 0.29) is 24.0 Å². The number of fused-ring (bicyclic) bond motifs is 1. The number of sulfonamides is 1. The second-order valence-electron chi connectivity index (χ2n) is 5.27. The highest BCUT2D eigenvalue weighted by atomic mass is 32.2. The summed E-state index contributed by atoms with van der Waals surface area (Å²) in [4.78, 5) is 0. The number of hydrogen-bond donors (Lipinski definition) is 0. The maximum absolute atomic E-state index is 12.0. The fourth-order valence-electron chi connectivity index (χ4n) is 3.02. The Morgan fingerprint density at radius 1 is 1.30 bits per heavy atom. The van der Waals surface area contributed by atoms with Crippen LogP contribution in [0.1, 0.15) is 44.1 Å². The number of nitrogens with zero attached hydrogens (tertiary/aromatic N) is 3. The van der Waals surface area contributed by atoms with Gasteiger partial charge in [-0.1, -0.05) is 0 Å². The van der Waals surface area contributed by atoms with E-state index in [4.69, 9.17) is 9.15 Å². The quantitative estimate of drug-likeness (QED) is 0.828. The van der Waals surface area contributed by atoms with Gasteiger partial charge in [0.15, 0.2) is 0 Å². The SMILES string of the molecule is CCS(=O)(=O)N1CC[C@@H]2O[C@H](c3nnc(C)o3)CC[C@@H]21. The van der Waals surface area contributed by atoms with E-state index < -0.39 is 10.0 Å². The van der Waals surface area contributed by atoms with E-state index in [1.165, 1.54) is 0 Å². The van der Waals surface area contributed by atoms with Gasteiger partial charge in [-0.25, -0.2) is 8.42 Å². The Hall–Kier alpha value is -0.990. The lowest BCUT2D eigenvalue weighted by atomic mass is 10.00. The molecule has 8 heteroatoms. The maximum Gasteiger partial charge on any atom is 0.245 e. The Morgan fingerprint density at radius 3 is 2.75 bits per heavy atom. The number of aryl methyl sites for hydroxylation is 1. The van der Waals surface area contributed by atoms with Gasteiger partial charge in [0.05, 0.1) is 17.9 Å². The summed E-state index contributed by atoms with van der Waals surface area (Å²) in [6.45, 7) is 3.96. The van der Waals surface area contributed by atoms with Crippen LogP contribution in [0.2, 0.25) is 0 Å². The summed E-state index contributed by atoms with van der Waals surface area (Å²) in [6.07, 6.45) is 1.94. The van der Waals surface area contributed by atoms with Crippen molar-refractivity contribution in [2.75, 3.05) is 12.3 Å². The van der Waals surface area contributed by atoms with E-state index in [1.807, 2.05) is 0 Å². The van der Waals surface area contributed by atoms with Crippen molar-refractivity contribution >= 4 is 10.0 Å². The highest BCUT2D eigenvalue weighted by molar-refractivity contribution is 7.89. The van der Waals surface area contributed by atoms with Gasteiger partial charge in [-0.05, 0) is 26.2 Å². The third-order valence-electron chi connectivity index (χ3n) is 4.04. The molecule has 0 unspecified atom stereocenters. The molecule has 0 spiro atoms. The first-order valence-electron chi connectivity index (χ1n) is 6.96. The molecule has 0 aliphatic carbocycles. The number of hydrogen-bond acceptors (Lipinski definition) is 6. The Bertz CT molecular complexity index is 585. The monoisotopic (exact) mass is 301 g/mol. The van der Waals surface area contributed by atoms with Crippen molar-refractivity contribution in [1.82, 2.24) is 14.5 Å². The standard InChI is InChI=1S/C12H19N3O4S/c1-3-20(16,17)15-7-6-10-9(15)4-5-11(19-10)12-14-13-8(2)18-12/h9-11H,3-7H2,1-2H3/t9-,10-,11-/m0/s1. The van der Waals surface area contributed by atoms with Crippen LogP contribution in [-0.4, -0.2) is 47.4 Å². The molecule has 0 saturated carbocycles. The van der Waals surface area contributed by atoms with Crippen LogP contribution in [0.3, 0.4) is 0 Å². The minimum Gasteiger partial charge on any atom is -0.423 e. The van der Waals surface area contributed by atoms with Crippen LogP contribution < -0.4 is 0 Å². The van der Waals surface area contributed by atoms with Gasteiger partial charge in [0.2, 0.25) is 21.8 Å². The van der Waals surface area contributed by atoms with E-state index in [1.54, 1.807) is 18.2 Å². The Morgan fingerprint density at radius 2 is 2.10 bits per heavy atom. The highest BCUT2D eigenvalue weighted by Gasteiger charge is 2.45. The molecule has 7 nitrogen and oxygen atoms in total. The van der Waals surface area contributed by atoms with Crippen LogP contribution in [0.15, 0.2) is 4.42 Å². The summed E-state index contributed by atoms with van der Waals surface area (Å²) in [5.41, 5.74) is 0. The van der Waals surface area contributed by atoms with Gasteiger partial charge in [-0.15, -0.1) is 10.2 Å². The maximum atomic E-state index is 12.0. The van der Waals surface area contributed by atoms with Gasteiger partial charge in [0.1, 0.15) is 6.10 Å². The van der Waals surface area contributed by atoms with Crippen molar-refractivity contribution in [2.24, 2.45) is 0 Å². The highest BCUT2D eigenvalue weighted by Crippen LogP contribution is 2.38. The molecule has 2 aliphatic rings. The summed E-state index contributed by atoms with van der Waals surface area (Å²) >= 11 is 0. The predicted molar refractivity (Wildman–Crippen MR) is 70.5 cm³/mol. The molecule has 3 heterocycles. The molecule has 1 aromatic rings. The zero-order valence-corrected chi connectivity index (χ0v) is 12.5. The fourth-order valence-corrected chi connectivity index (χ4v) is 4.39. The van der Waals surface area contributed by atoms with Crippen LogP contribution in [0.4, 0.5) is 0 Å². The Balaban J connectivity index is 1.73. The summed E-state index contributed by atoms with van der Waals surface area (Å²) in [5.74, 6) is 1.16. The molecular formula is C12H19N3O4S. The summed E-state index contributed by atoms with van der Waals surface area (Å²) < 4.78 is 37.1. The molecule has 112 valence electrons. The fraction of sp³-hybridized carbons (Fsp3) is 0.833. The number of ether oxygens (including phenoxy) is 1. The lowest BCUT2D eigenvalue weighted by molar-refractivity contribution is -0.0738. The average molecular weight is 301 g/mol. The zero-order chi connectivity index (χ0) is 14.3. The van der Waals surface area contributed by atoms with Crippen LogP contribution in [-0.2, 0) is 14.8 Å². The molecule has 0 amide bonds. The van der Waals surface area contributed by atoms with Gasteiger partial charge in [0.25, 0.3) is 0 Å². The van der Waals surface area contributed by atoms with Crippen molar-refractivity contribution in [1.29, 1.82) is 0 Å². The van der Waals surface area contributed by atoms with Crippen molar-refractivity contribution in [3.63, 3.8) is 0 Å². The molecule has 0 aromatic carbocycles. The van der Waals surface area contributed by atoms with Gasteiger partial charge in [-0.2, -0.15) is 4.31 Å². The smallest absolute Gasteiger partial charge is 0.245 e. The molecule has 0 bridgehead atoms. The number of rotatable bonds is 3. The third-order valence-corrected chi connectivity index (χ3v) is 5.93. The van der Waals surface area contributed by atoms with Gasteiger partial charge < -0.3 is 9.15 Å². The van der Waals surface area contributed by atoms with Crippen molar-refractivity contribution in [3.05, 3.63) is 11.8 Å². The summed E-state index contributed by atoms with van der Waals surface area (Å²) in [5, 5.41) is 7.81. The van der Waals surface area contributed by atoms with Crippen molar-refractivity contribution in [3.8, 4) is 0 Å². The first-order valence-corrected chi connectivity index (χ1v) is 8.57. The normalized spacial score (nSPS) is 31.4. The minimum atomic E-state index is -3.14. The second-order valence-corrected chi connectivity index (χ2v) is 7.48. The molecule has 2 fully saturated rings. The first kappa shape index (κ1) is 14.0. The largest absolute Gasteiger partial charge is 0.423 e. The molecule has 3 atom stereocenters. The first-order chi connectivity index (χ1) is 9.51. The van der Waals surface area contributed by atoms with Crippen molar-refractivity contribution < 1.29 is 17.6 Å². The molecular weight excluding hydrogens is 282 g/mol. The van der Waals surface area contributed by atoms with Crippen LogP contribution >= 0.6 is 0 Å². The Labute approximate surface area is 118 Å². The van der Waals surface area contributed by atoms with Crippen LogP contribution in [0.5, 0.6) is 0 Å². The minimum absolute atomic E-state index is 0.0415. The van der Waals surface area contributed by atoms with Crippen LogP contribution in [0, 0.1) is 6.92 Å². The van der Waals surface area contributed by atoms with E-state index in [0.29, 0.717) is 24.7 Å². The molecule has 1 aromatic heterocycles. The molecule has 0 radical (unpaired) electrons. The predicted octanol–water partition coefficient (Wildman–Crippen LogP) is 1.02. The summed E-state index contributed by atoms with van der Waals surface area (Å²) in [6, 6.07) is -0.0415.